The molecule has 0 aliphatic carbocycles. The van der Waals surface area contributed by atoms with Gasteiger partial charge in [0, 0.05) is 6.42 Å². The molecule has 0 N–H and O–H groups in total. The van der Waals surface area contributed by atoms with E-state index in [2.05, 4.69) is 13.8 Å². The number of ether oxygens (including phenoxy) is 2. The summed E-state index contributed by atoms with van der Waals surface area (Å²) < 4.78 is 10.1. The third-order valence-electron chi connectivity index (χ3n) is 4.35. The van der Waals surface area contributed by atoms with E-state index in [4.69, 9.17) is 9.47 Å². The van der Waals surface area contributed by atoms with Crippen LogP contribution >= 0.6 is 0 Å². The molecule has 0 radical (unpaired) electrons. The summed E-state index contributed by atoms with van der Waals surface area (Å²) in [6.45, 7) is 8.84. The van der Waals surface area contributed by atoms with Crippen LogP contribution in [0.25, 0.3) is 0 Å². The fraction of sp³-hybridized carbons (Fsp3) is 0.900. The van der Waals surface area contributed by atoms with Gasteiger partial charge >= 0.3 is 11.9 Å². The summed E-state index contributed by atoms with van der Waals surface area (Å²) in [5.41, 5.74) is 0. The first kappa shape index (κ1) is 22.9. The van der Waals surface area contributed by atoms with Gasteiger partial charge in [0.05, 0.1) is 19.1 Å². The van der Waals surface area contributed by atoms with Crippen LogP contribution in [-0.2, 0) is 19.1 Å². The van der Waals surface area contributed by atoms with Gasteiger partial charge in [-0.3, -0.25) is 9.59 Å². The summed E-state index contributed by atoms with van der Waals surface area (Å²) in [6, 6.07) is 0. The standard InChI is InChI=1S/C20H38O4/c1-5-23-19(21)16-14-12-10-8-7-9-11-13-15-18(17(3)4)20(22)24-6-2/h17-18H,5-16H2,1-4H3. The molecule has 0 rings (SSSR count). The Labute approximate surface area is 148 Å². The molecule has 1 unspecified atom stereocenters. The monoisotopic (exact) mass is 342 g/mol. The Hall–Kier alpha value is -1.06. The molecular formula is C20H38O4. The molecule has 0 bridgehead atoms. The van der Waals surface area contributed by atoms with E-state index >= 15 is 0 Å². The Morgan fingerprint density at radius 1 is 0.750 bits per heavy atom. The highest BCUT2D eigenvalue weighted by Gasteiger charge is 2.22. The van der Waals surface area contributed by atoms with Crippen molar-refractivity contribution in [2.45, 2.75) is 91.9 Å². The maximum Gasteiger partial charge on any atom is 0.309 e. The van der Waals surface area contributed by atoms with Gasteiger partial charge in [-0.2, -0.15) is 0 Å². The quantitative estimate of drug-likeness (QED) is 0.300. The molecule has 0 amide bonds. The van der Waals surface area contributed by atoms with Crippen molar-refractivity contribution in [3.05, 3.63) is 0 Å². The molecule has 0 aromatic rings. The van der Waals surface area contributed by atoms with Crippen molar-refractivity contribution in [2.75, 3.05) is 13.2 Å². The second-order valence-electron chi connectivity index (χ2n) is 6.77. The summed E-state index contributed by atoms with van der Waals surface area (Å²) >= 11 is 0. The van der Waals surface area contributed by atoms with Gasteiger partial charge in [0.25, 0.3) is 0 Å². The van der Waals surface area contributed by atoms with Crippen LogP contribution in [0, 0.1) is 11.8 Å². The number of esters is 2. The largest absolute Gasteiger partial charge is 0.466 e. The first-order valence-electron chi connectivity index (χ1n) is 9.85. The fourth-order valence-corrected chi connectivity index (χ4v) is 2.90. The van der Waals surface area contributed by atoms with Crippen LogP contribution in [0.15, 0.2) is 0 Å². The van der Waals surface area contributed by atoms with Crippen LogP contribution in [0.4, 0.5) is 0 Å². The highest BCUT2D eigenvalue weighted by atomic mass is 16.5. The molecular weight excluding hydrogens is 304 g/mol. The highest BCUT2D eigenvalue weighted by Crippen LogP contribution is 2.21. The molecule has 1 atom stereocenters. The molecule has 24 heavy (non-hydrogen) atoms. The maximum atomic E-state index is 11.9. The minimum Gasteiger partial charge on any atom is -0.466 e. The van der Waals surface area contributed by atoms with Crippen molar-refractivity contribution in [3.63, 3.8) is 0 Å². The fourth-order valence-electron chi connectivity index (χ4n) is 2.90. The summed E-state index contributed by atoms with van der Waals surface area (Å²) in [6.07, 6.45) is 10.7. The van der Waals surface area contributed by atoms with E-state index in [0.717, 1.165) is 25.7 Å². The smallest absolute Gasteiger partial charge is 0.309 e. The maximum absolute atomic E-state index is 11.9. The van der Waals surface area contributed by atoms with Gasteiger partial charge in [0.15, 0.2) is 0 Å². The van der Waals surface area contributed by atoms with Crippen molar-refractivity contribution in [1.29, 1.82) is 0 Å². The Morgan fingerprint density at radius 2 is 1.25 bits per heavy atom. The predicted molar refractivity (Wildman–Crippen MR) is 97.8 cm³/mol. The summed E-state index contributed by atoms with van der Waals surface area (Å²) in [5.74, 6) is 0.296. The third kappa shape index (κ3) is 12.4. The zero-order chi connectivity index (χ0) is 18.2. The number of hydrogen-bond donors (Lipinski definition) is 0. The SMILES string of the molecule is CCOC(=O)CCCCCCCCCCC(C(=O)OCC)C(C)C. The Kier molecular flexibility index (Phi) is 14.8. The average molecular weight is 343 g/mol. The summed E-state index contributed by atoms with van der Waals surface area (Å²) in [4.78, 5) is 23.1. The minimum absolute atomic E-state index is 0.0332. The Morgan fingerprint density at radius 3 is 1.75 bits per heavy atom. The Bertz CT molecular complexity index is 326. The molecule has 0 saturated carbocycles. The van der Waals surface area contributed by atoms with Crippen LogP contribution in [0.5, 0.6) is 0 Å². The third-order valence-corrected chi connectivity index (χ3v) is 4.35. The van der Waals surface area contributed by atoms with E-state index < -0.39 is 0 Å². The van der Waals surface area contributed by atoms with Gasteiger partial charge in [0.1, 0.15) is 0 Å². The second kappa shape index (κ2) is 15.5. The average Bonchev–Trinajstić information content (AvgIpc) is 2.52. The number of carbonyl (C=O) groups is 2. The predicted octanol–water partition coefficient (Wildman–Crippen LogP) is 5.29. The van der Waals surface area contributed by atoms with Crippen LogP contribution in [0.2, 0.25) is 0 Å². The van der Waals surface area contributed by atoms with Crippen LogP contribution in [0.3, 0.4) is 0 Å². The van der Waals surface area contributed by atoms with E-state index in [-0.39, 0.29) is 17.9 Å². The molecule has 0 spiro atoms. The van der Waals surface area contributed by atoms with E-state index in [1.54, 1.807) is 0 Å². The Balaban J connectivity index is 3.52. The molecule has 4 nitrogen and oxygen atoms in total. The van der Waals surface area contributed by atoms with E-state index in [9.17, 15) is 9.59 Å². The van der Waals surface area contributed by atoms with Gasteiger partial charge in [-0.25, -0.2) is 0 Å². The van der Waals surface area contributed by atoms with Crippen LogP contribution < -0.4 is 0 Å². The lowest BCUT2D eigenvalue weighted by Crippen LogP contribution is -2.22. The van der Waals surface area contributed by atoms with Gasteiger partial charge in [-0.05, 0) is 32.6 Å². The number of rotatable bonds is 15. The van der Waals surface area contributed by atoms with Crippen molar-refractivity contribution < 1.29 is 19.1 Å². The van der Waals surface area contributed by atoms with Crippen molar-refractivity contribution in [3.8, 4) is 0 Å². The highest BCUT2D eigenvalue weighted by molar-refractivity contribution is 5.72. The molecule has 0 heterocycles. The molecule has 142 valence electrons. The molecule has 4 heteroatoms. The topological polar surface area (TPSA) is 52.6 Å². The van der Waals surface area contributed by atoms with Crippen molar-refractivity contribution in [1.82, 2.24) is 0 Å². The number of hydrogen-bond acceptors (Lipinski definition) is 4. The van der Waals surface area contributed by atoms with Gasteiger partial charge in [-0.15, -0.1) is 0 Å². The molecule has 0 fully saturated rings. The second-order valence-corrected chi connectivity index (χ2v) is 6.77. The first-order valence-corrected chi connectivity index (χ1v) is 9.85. The van der Waals surface area contributed by atoms with Crippen molar-refractivity contribution >= 4 is 11.9 Å². The van der Waals surface area contributed by atoms with E-state index in [1.807, 2.05) is 13.8 Å². The van der Waals surface area contributed by atoms with Crippen LogP contribution in [-0.4, -0.2) is 25.2 Å². The van der Waals surface area contributed by atoms with Gasteiger partial charge in [-0.1, -0.05) is 58.8 Å². The van der Waals surface area contributed by atoms with Gasteiger partial charge in [0.2, 0.25) is 0 Å². The van der Waals surface area contributed by atoms with Gasteiger partial charge < -0.3 is 9.47 Å². The zero-order valence-electron chi connectivity index (χ0n) is 16.3. The van der Waals surface area contributed by atoms with Crippen LogP contribution in [0.1, 0.15) is 91.9 Å². The molecule has 0 aromatic heterocycles. The molecule has 0 aliphatic rings. The van der Waals surface area contributed by atoms with E-state index in [1.165, 1.54) is 32.1 Å². The molecule has 0 aliphatic heterocycles. The first-order chi connectivity index (χ1) is 11.5. The van der Waals surface area contributed by atoms with E-state index in [0.29, 0.717) is 25.6 Å². The number of carbonyl (C=O) groups excluding carboxylic acids is 2. The van der Waals surface area contributed by atoms with Crippen molar-refractivity contribution in [2.24, 2.45) is 11.8 Å². The minimum atomic E-state index is -0.0705. The molecule has 0 aromatic carbocycles. The normalized spacial score (nSPS) is 12.2. The summed E-state index contributed by atoms with van der Waals surface area (Å²) in [7, 11) is 0. The zero-order valence-corrected chi connectivity index (χ0v) is 16.3. The number of unbranched alkanes of at least 4 members (excludes halogenated alkanes) is 7. The lowest BCUT2D eigenvalue weighted by molar-refractivity contribution is -0.150. The lowest BCUT2D eigenvalue weighted by atomic mass is 9.90. The molecule has 0 saturated heterocycles. The lowest BCUT2D eigenvalue weighted by Gasteiger charge is -2.18. The summed E-state index contributed by atoms with van der Waals surface area (Å²) in [5, 5.41) is 0.